The summed E-state index contributed by atoms with van der Waals surface area (Å²) in [5.41, 5.74) is 4.81. The van der Waals surface area contributed by atoms with E-state index >= 15 is 0 Å². The molecule has 1 unspecified atom stereocenters. The predicted molar refractivity (Wildman–Crippen MR) is 84.6 cm³/mol. The quantitative estimate of drug-likeness (QED) is 0.715. The Morgan fingerprint density at radius 1 is 1.41 bits per heavy atom. The van der Waals surface area contributed by atoms with E-state index in [1.165, 1.54) is 4.90 Å². The molecular weight excluding hydrogens is 308 g/mol. The molecule has 4 amide bonds. The lowest BCUT2D eigenvalue weighted by Gasteiger charge is -2.24. The van der Waals surface area contributed by atoms with Crippen LogP contribution in [-0.4, -0.2) is 58.9 Å². The molecule has 0 aliphatic carbocycles. The molecule has 22 heavy (non-hydrogen) atoms. The summed E-state index contributed by atoms with van der Waals surface area (Å²) in [5, 5.41) is 2.63. The van der Waals surface area contributed by atoms with Gasteiger partial charge in [0.15, 0.2) is 0 Å². The fourth-order valence-corrected chi connectivity index (χ4v) is 2.96. The molecule has 2 saturated heterocycles. The van der Waals surface area contributed by atoms with E-state index < -0.39 is 5.54 Å². The van der Waals surface area contributed by atoms with Gasteiger partial charge < -0.3 is 16.0 Å². The van der Waals surface area contributed by atoms with Gasteiger partial charge in [-0.2, -0.15) is 0 Å². The average Bonchev–Trinajstić information content (AvgIpc) is 2.96. The van der Waals surface area contributed by atoms with E-state index in [0.29, 0.717) is 19.4 Å². The van der Waals surface area contributed by atoms with Gasteiger partial charge in [0.1, 0.15) is 5.54 Å². The number of imide groups is 1. The molecule has 0 saturated carbocycles. The van der Waals surface area contributed by atoms with Crippen LogP contribution in [0, 0.1) is 0 Å². The van der Waals surface area contributed by atoms with Crippen molar-refractivity contribution in [1.29, 1.82) is 0 Å². The van der Waals surface area contributed by atoms with Crippen molar-refractivity contribution in [2.75, 3.05) is 19.6 Å². The van der Waals surface area contributed by atoms with Crippen LogP contribution in [0.5, 0.6) is 0 Å². The van der Waals surface area contributed by atoms with Gasteiger partial charge in [0.05, 0.1) is 0 Å². The summed E-state index contributed by atoms with van der Waals surface area (Å²) in [6.45, 7) is 4.88. The number of amides is 4. The minimum Gasteiger partial charge on any atom is -0.338 e. The second kappa shape index (κ2) is 7.28. The van der Waals surface area contributed by atoms with Crippen molar-refractivity contribution in [3.8, 4) is 0 Å². The first-order valence-electron chi connectivity index (χ1n) is 7.50. The topological polar surface area (TPSA) is 95.7 Å². The van der Waals surface area contributed by atoms with E-state index in [1.807, 2.05) is 4.90 Å². The molecule has 0 radical (unpaired) electrons. The summed E-state index contributed by atoms with van der Waals surface area (Å²) in [4.78, 5) is 38.9. The van der Waals surface area contributed by atoms with Gasteiger partial charge in [0.2, 0.25) is 5.91 Å². The van der Waals surface area contributed by atoms with Crippen molar-refractivity contribution >= 4 is 30.3 Å². The number of hydrogen-bond donors (Lipinski definition) is 2. The SMILES string of the molecule is CC1(C)NC(=O)N(CCCC(=O)N2CCCC2CN)C1=O.Cl. The number of nitrogens with two attached hydrogens (primary N) is 1. The summed E-state index contributed by atoms with van der Waals surface area (Å²) < 4.78 is 0. The zero-order valence-electron chi connectivity index (χ0n) is 13.1. The lowest BCUT2D eigenvalue weighted by atomic mass is 10.1. The second-order valence-electron chi connectivity index (χ2n) is 6.23. The van der Waals surface area contributed by atoms with Gasteiger partial charge in [-0.25, -0.2) is 4.79 Å². The molecule has 0 aromatic heterocycles. The molecule has 2 heterocycles. The van der Waals surface area contributed by atoms with Gasteiger partial charge >= 0.3 is 6.03 Å². The van der Waals surface area contributed by atoms with Crippen LogP contribution >= 0.6 is 12.4 Å². The molecule has 0 aromatic carbocycles. The minimum atomic E-state index is -0.847. The third-order valence-electron chi connectivity index (χ3n) is 4.19. The molecule has 3 N–H and O–H groups in total. The zero-order valence-corrected chi connectivity index (χ0v) is 13.9. The number of halogens is 1. The third kappa shape index (κ3) is 3.70. The van der Waals surface area contributed by atoms with Crippen LogP contribution in [0.2, 0.25) is 0 Å². The molecule has 0 spiro atoms. The predicted octanol–water partition coefficient (Wildman–Crippen LogP) is 0.469. The Balaban J connectivity index is 0.00000242. The number of hydrogen-bond acceptors (Lipinski definition) is 4. The average molecular weight is 333 g/mol. The number of rotatable bonds is 5. The van der Waals surface area contributed by atoms with Crippen molar-refractivity contribution in [3.63, 3.8) is 0 Å². The highest BCUT2D eigenvalue weighted by Crippen LogP contribution is 2.19. The van der Waals surface area contributed by atoms with Crippen molar-refractivity contribution < 1.29 is 14.4 Å². The van der Waals surface area contributed by atoms with Crippen LogP contribution in [-0.2, 0) is 9.59 Å². The zero-order chi connectivity index (χ0) is 15.6. The molecule has 2 aliphatic rings. The van der Waals surface area contributed by atoms with Crippen molar-refractivity contribution in [2.24, 2.45) is 5.73 Å². The number of nitrogens with one attached hydrogen (secondary N) is 1. The van der Waals surface area contributed by atoms with Crippen LogP contribution < -0.4 is 11.1 Å². The Morgan fingerprint density at radius 3 is 2.64 bits per heavy atom. The summed E-state index contributed by atoms with van der Waals surface area (Å²) >= 11 is 0. The van der Waals surface area contributed by atoms with Crippen molar-refractivity contribution in [1.82, 2.24) is 15.1 Å². The second-order valence-corrected chi connectivity index (χ2v) is 6.23. The Labute approximate surface area is 137 Å². The molecule has 2 rings (SSSR count). The maximum atomic E-state index is 12.1. The van der Waals surface area contributed by atoms with Crippen LogP contribution in [0.3, 0.4) is 0 Å². The van der Waals surface area contributed by atoms with E-state index in [4.69, 9.17) is 5.73 Å². The molecule has 0 aromatic rings. The first-order chi connectivity index (χ1) is 9.86. The minimum absolute atomic E-state index is 0. The fourth-order valence-electron chi connectivity index (χ4n) is 2.96. The normalized spacial score (nSPS) is 23.5. The fraction of sp³-hybridized carbons (Fsp3) is 0.786. The van der Waals surface area contributed by atoms with Crippen LogP contribution in [0.15, 0.2) is 0 Å². The van der Waals surface area contributed by atoms with Gasteiger partial charge in [-0.3, -0.25) is 14.5 Å². The maximum absolute atomic E-state index is 12.1. The van der Waals surface area contributed by atoms with E-state index in [2.05, 4.69) is 5.32 Å². The lowest BCUT2D eigenvalue weighted by molar-refractivity contribution is -0.133. The first-order valence-corrected chi connectivity index (χ1v) is 7.50. The van der Waals surface area contributed by atoms with E-state index in [0.717, 1.165) is 19.4 Å². The van der Waals surface area contributed by atoms with E-state index in [-0.39, 0.29) is 42.8 Å². The van der Waals surface area contributed by atoms with Crippen molar-refractivity contribution in [2.45, 2.75) is 51.1 Å². The molecular formula is C14H25ClN4O3. The van der Waals surface area contributed by atoms with Gasteiger partial charge in [-0.1, -0.05) is 0 Å². The molecule has 0 bridgehead atoms. The molecule has 2 aliphatic heterocycles. The molecule has 7 nitrogen and oxygen atoms in total. The van der Waals surface area contributed by atoms with Gasteiger partial charge in [-0.15, -0.1) is 12.4 Å². The summed E-state index contributed by atoms with van der Waals surface area (Å²) in [7, 11) is 0. The number of nitrogens with zero attached hydrogens (tertiary/aromatic N) is 2. The standard InChI is InChI=1S/C14H24N4O3.ClH/c1-14(2)12(20)18(13(21)16-14)8-4-6-11(19)17-7-3-5-10(17)9-15;/h10H,3-9,15H2,1-2H3,(H,16,21);1H. The molecule has 8 heteroatoms. The van der Waals surface area contributed by atoms with Gasteiger partial charge in [-0.05, 0) is 33.1 Å². The summed E-state index contributed by atoms with van der Waals surface area (Å²) in [5.74, 6) is -0.171. The first kappa shape index (κ1) is 18.7. The lowest BCUT2D eigenvalue weighted by Crippen LogP contribution is -2.41. The Bertz CT molecular complexity index is 455. The van der Waals surface area contributed by atoms with E-state index in [9.17, 15) is 14.4 Å². The molecule has 126 valence electrons. The Morgan fingerprint density at radius 2 is 2.09 bits per heavy atom. The highest BCUT2D eigenvalue weighted by Gasteiger charge is 2.43. The van der Waals surface area contributed by atoms with Crippen LogP contribution in [0.25, 0.3) is 0 Å². The number of carbonyl (C=O) groups is 3. The van der Waals surface area contributed by atoms with Crippen LogP contribution in [0.1, 0.15) is 39.5 Å². The monoisotopic (exact) mass is 332 g/mol. The summed E-state index contributed by atoms with van der Waals surface area (Å²) in [6.07, 6.45) is 2.79. The maximum Gasteiger partial charge on any atom is 0.325 e. The molecule has 1 atom stereocenters. The molecule has 2 fully saturated rings. The number of urea groups is 1. The Kier molecular flexibility index (Phi) is 6.19. The van der Waals surface area contributed by atoms with E-state index in [1.54, 1.807) is 13.8 Å². The van der Waals surface area contributed by atoms with Gasteiger partial charge in [0, 0.05) is 32.1 Å². The number of carbonyl (C=O) groups excluding carboxylic acids is 3. The largest absolute Gasteiger partial charge is 0.338 e. The highest BCUT2D eigenvalue weighted by molar-refractivity contribution is 6.06. The van der Waals surface area contributed by atoms with Crippen LogP contribution in [0.4, 0.5) is 4.79 Å². The van der Waals surface area contributed by atoms with Crippen molar-refractivity contribution in [3.05, 3.63) is 0 Å². The van der Waals surface area contributed by atoms with Gasteiger partial charge in [0.25, 0.3) is 5.91 Å². The third-order valence-corrected chi connectivity index (χ3v) is 4.19. The number of likely N-dealkylation sites (tertiary alicyclic amines) is 1. The summed E-state index contributed by atoms with van der Waals surface area (Å²) in [6, 6.07) is -0.230. The highest BCUT2D eigenvalue weighted by atomic mass is 35.5. The smallest absolute Gasteiger partial charge is 0.325 e. The Hall–Kier alpha value is -1.34.